The van der Waals surface area contributed by atoms with E-state index in [2.05, 4.69) is 21.3 Å². The number of aryl methyl sites for hydroxylation is 1. The van der Waals surface area contributed by atoms with Crippen LogP contribution in [0.1, 0.15) is 162 Å². The van der Waals surface area contributed by atoms with E-state index < -0.39 is 198 Å². The first-order chi connectivity index (χ1) is 47.1. The number of likely N-dealkylation sites (tertiary alicyclic amines) is 1. The summed E-state index contributed by atoms with van der Waals surface area (Å²) in [5.74, 6) is -22.1. The molecule has 3 saturated heterocycles. The lowest BCUT2D eigenvalue weighted by Crippen LogP contribution is -2.65. The predicted molar refractivity (Wildman–Crippen MR) is 358 cm³/mol. The number of nitrogens with one attached hydrogen (secondary N) is 4. The van der Waals surface area contributed by atoms with Gasteiger partial charge in [-0.25, -0.2) is 0 Å². The maximum Gasteiger partial charge on any atom is 0.417 e. The average Bonchev–Trinajstić information content (AvgIpc) is 1.66. The molecule has 2 saturated carbocycles. The molecule has 5 fully saturated rings. The molecule has 1 spiro atoms. The summed E-state index contributed by atoms with van der Waals surface area (Å²) >= 11 is 6.11. The van der Waals surface area contributed by atoms with Crippen molar-refractivity contribution in [2.24, 2.45) is 23.7 Å². The predicted octanol–water partition coefficient (Wildman–Crippen LogP) is 5.65. The van der Waals surface area contributed by atoms with Crippen LogP contribution in [0.5, 0.6) is 0 Å². The number of alkyl halides is 7. The average molecular weight is 1460 g/mol. The molecule has 6 rings (SSSR count). The number of nitrogens with zero attached hydrogens (tertiary/aromatic N) is 8. The Hall–Kier alpha value is -7.34. The van der Waals surface area contributed by atoms with Crippen LogP contribution in [0.4, 0.5) is 30.7 Å². The molecule has 0 bridgehead atoms. The van der Waals surface area contributed by atoms with Crippen molar-refractivity contribution in [1.29, 1.82) is 0 Å². The first kappa shape index (κ1) is 82.6. The second kappa shape index (κ2) is 34.8. The number of amides is 12. The zero-order valence-electron chi connectivity index (χ0n) is 60.1. The number of hydrogen-bond acceptors (Lipinski definition) is 12. The summed E-state index contributed by atoms with van der Waals surface area (Å²) in [6.07, 6.45) is -0.629. The highest BCUT2D eigenvalue weighted by atomic mass is 35.5. The van der Waals surface area contributed by atoms with Gasteiger partial charge in [-0.15, -0.1) is 0 Å². The Balaban J connectivity index is 1.43. The van der Waals surface area contributed by atoms with Crippen molar-refractivity contribution in [3.63, 3.8) is 0 Å². The summed E-state index contributed by atoms with van der Waals surface area (Å²) in [7, 11) is 7.74. The van der Waals surface area contributed by atoms with Gasteiger partial charge in [0, 0.05) is 48.8 Å². The fourth-order valence-corrected chi connectivity index (χ4v) is 14.6. The van der Waals surface area contributed by atoms with Crippen molar-refractivity contribution in [1.82, 2.24) is 60.5 Å². The Morgan fingerprint density at radius 1 is 0.634 bits per heavy atom. The molecule has 5 aliphatic rings. The van der Waals surface area contributed by atoms with E-state index in [1.54, 1.807) is 41.5 Å². The molecule has 3 aliphatic heterocycles. The van der Waals surface area contributed by atoms with Crippen LogP contribution in [0.15, 0.2) is 18.2 Å². The molecular weight excluding hydrogens is 1360 g/mol. The van der Waals surface area contributed by atoms with Crippen LogP contribution < -0.4 is 21.3 Å². The number of halogens is 8. The van der Waals surface area contributed by atoms with Crippen molar-refractivity contribution < 1.29 is 88.3 Å². The van der Waals surface area contributed by atoms with Crippen LogP contribution in [0.3, 0.4) is 0 Å². The number of fused-ring (bicyclic) bond motifs is 1. The molecule has 2 aliphatic carbocycles. The first-order valence-corrected chi connectivity index (χ1v) is 35.4. The van der Waals surface area contributed by atoms with Crippen LogP contribution in [-0.4, -0.2) is 251 Å². The van der Waals surface area contributed by atoms with Gasteiger partial charge in [0.2, 0.25) is 70.9 Å². The lowest BCUT2D eigenvalue weighted by atomic mass is 9.84. The van der Waals surface area contributed by atoms with Gasteiger partial charge < -0.3 is 60.5 Å². The van der Waals surface area contributed by atoms with Crippen molar-refractivity contribution in [2.45, 2.75) is 223 Å². The van der Waals surface area contributed by atoms with E-state index in [0.717, 1.165) is 74.8 Å². The molecule has 3 heterocycles. The quantitative estimate of drug-likeness (QED) is 0.185. The standard InChI is InChI=1S/C69H102ClF7N12O12/c1-13-41(5)56-64(100)84(9)36-54(92)82(7)37-55(93)86(11)51(33-43-21-16-15-17-22-43)63(99)83(8)35-52(90)78-47(27-25-44-24-26-45(46(70)32-44)69(75,76)77)62(98)89-30-20-23-49(89)59(95)81-66(28-18-19-29-66)65(101)87(12)57(42(6)14-2)60(96)79-48(61(97)88-38-67(71,72)68(73,74)39-88)34-53(91)85(10)50(31-40(3)4)58(94)80-56/h24,26,32,40-43,47-51,56-57H,13-23,25,27-31,33-39H2,1-12H3,(H,78,90)(H,79,96)(H,80,94)(H,81,95)/t41-,42-,47-,48-,49?,50-,51-,56-,57-/m0/s1. The summed E-state index contributed by atoms with van der Waals surface area (Å²) in [6.45, 7) is 4.46. The Morgan fingerprint density at radius 3 is 1.79 bits per heavy atom. The molecule has 1 aromatic rings. The van der Waals surface area contributed by atoms with Crippen LogP contribution in [0.2, 0.25) is 5.02 Å². The van der Waals surface area contributed by atoms with Crippen LogP contribution >= 0.6 is 11.6 Å². The van der Waals surface area contributed by atoms with Gasteiger partial charge in [-0.3, -0.25) is 57.5 Å². The summed E-state index contributed by atoms with van der Waals surface area (Å²) < 4.78 is 101. The Labute approximate surface area is 591 Å². The molecule has 566 valence electrons. The number of rotatable bonds is 12. The fourth-order valence-electron chi connectivity index (χ4n) is 14.3. The van der Waals surface area contributed by atoms with Gasteiger partial charge in [0.1, 0.15) is 47.8 Å². The molecule has 32 heteroatoms. The van der Waals surface area contributed by atoms with E-state index in [-0.39, 0.29) is 86.6 Å². The van der Waals surface area contributed by atoms with E-state index in [1.807, 2.05) is 0 Å². The molecule has 24 nitrogen and oxygen atoms in total. The highest BCUT2D eigenvalue weighted by Gasteiger charge is 2.64. The zero-order chi connectivity index (χ0) is 75.6. The molecule has 9 atom stereocenters. The number of likely N-dealkylation sites (N-methyl/N-ethyl adjacent to an activating group) is 6. The molecule has 0 radical (unpaired) electrons. The van der Waals surface area contributed by atoms with E-state index in [9.17, 15) is 73.9 Å². The Morgan fingerprint density at radius 2 is 1.22 bits per heavy atom. The highest BCUT2D eigenvalue weighted by molar-refractivity contribution is 6.31. The zero-order valence-corrected chi connectivity index (χ0v) is 60.8. The summed E-state index contributed by atoms with van der Waals surface area (Å²) in [6, 6.07) is -7.56. The third-order valence-electron chi connectivity index (χ3n) is 20.9. The number of benzene rings is 1. The van der Waals surface area contributed by atoms with Crippen molar-refractivity contribution >= 4 is 82.5 Å². The lowest BCUT2D eigenvalue weighted by molar-refractivity contribution is -0.172. The first-order valence-electron chi connectivity index (χ1n) is 35.1. The second-order valence-electron chi connectivity index (χ2n) is 29.0. The van der Waals surface area contributed by atoms with E-state index in [4.69, 9.17) is 11.6 Å². The fraction of sp³-hybridized carbons (Fsp3) is 0.739. The summed E-state index contributed by atoms with van der Waals surface area (Å²) in [5, 5.41) is 10.1. The molecule has 12 amide bonds. The molecular formula is C69H102ClF7N12O12. The molecule has 1 aromatic carbocycles. The van der Waals surface area contributed by atoms with Crippen molar-refractivity contribution in [2.75, 3.05) is 81.6 Å². The van der Waals surface area contributed by atoms with Gasteiger partial charge in [-0.05, 0) is 92.7 Å². The minimum absolute atomic E-state index is 0.00758. The van der Waals surface area contributed by atoms with Gasteiger partial charge in [0.05, 0.1) is 49.7 Å². The normalized spacial score (nSPS) is 26.9. The maximum absolute atomic E-state index is 15.3. The van der Waals surface area contributed by atoms with E-state index in [0.29, 0.717) is 19.3 Å². The van der Waals surface area contributed by atoms with Gasteiger partial charge in [0.25, 0.3) is 0 Å². The van der Waals surface area contributed by atoms with Gasteiger partial charge >= 0.3 is 18.0 Å². The van der Waals surface area contributed by atoms with E-state index in [1.165, 1.54) is 52.1 Å². The minimum atomic E-state index is -4.80. The largest absolute Gasteiger partial charge is 0.417 e. The number of hydrogen-bond donors (Lipinski definition) is 4. The Kier molecular flexibility index (Phi) is 28.4. The minimum Gasteiger partial charge on any atom is -0.343 e. The molecule has 0 aromatic heterocycles. The third-order valence-corrected chi connectivity index (χ3v) is 21.2. The van der Waals surface area contributed by atoms with Crippen LogP contribution in [0.25, 0.3) is 0 Å². The topological polar surface area (TPSA) is 279 Å². The van der Waals surface area contributed by atoms with Crippen molar-refractivity contribution in [3.05, 3.63) is 34.3 Å². The molecule has 4 N–H and O–H groups in total. The summed E-state index contributed by atoms with van der Waals surface area (Å²) in [4.78, 5) is 184. The number of carbonyl (C=O) groups excluding carboxylic acids is 12. The lowest BCUT2D eigenvalue weighted by Gasteiger charge is -2.40. The monoisotopic (exact) mass is 1460 g/mol. The van der Waals surface area contributed by atoms with Gasteiger partial charge in [-0.1, -0.05) is 117 Å². The molecule has 101 heavy (non-hydrogen) atoms. The summed E-state index contributed by atoms with van der Waals surface area (Å²) in [5.41, 5.74) is -2.64. The van der Waals surface area contributed by atoms with E-state index >= 15 is 14.4 Å². The van der Waals surface area contributed by atoms with Crippen LogP contribution in [-0.2, 0) is 70.1 Å². The SMILES string of the molecule is CC[C@H](C)[C@@H]1NC(=O)[C@H](CC(C)C)N(C)C(=O)C[C@@H](C(=O)N2CC(F)(F)C(F)(F)C2)NC(=O)[C@H]([C@@H](C)CC)N(C)C(=O)C2(CCCC2)NC(=O)C2CCCN2C(=O)[C@H](CCc2ccc(C(F)(F)F)c(Cl)c2)NC(=O)CN(C)C(=O)[C@H](CC2CCCCC2)N(C)C(=O)CN(C)C(=O)CN(C)C1=O. The van der Waals surface area contributed by atoms with Gasteiger partial charge in [-0.2, -0.15) is 30.7 Å². The van der Waals surface area contributed by atoms with Gasteiger partial charge in [0.15, 0.2) is 0 Å². The van der Waals surface area contributed by atoms with Crippen LogP contribution in [0, 0.1) is 23.7 Å². The third kappa shape index (κ3) is 20.3. The maximum atomic E-state index is 15.3. The highest BCUT2D eigenvalue weighted by Crippen LogP contribution is 2.42. The second-order valence-corrected chi connectivity index (χ2v) is 29.4. The van der Waals surface area contributed by atoms with Crippen molar-refractivity contribution in [3.8, 4) is 0 Å². The number of carbonyl (C=O) groups is 12. The molecule has 1 unspecified atom stereocenters. The smallest absolute Gasteiger partial charge is 0.343 e. The Bertz CT molecular complexity index is 3190.